The highest BCUT2D eigenvalue weighted by Crippen LogP contribution is 2.39. The van der Waals surface area contributed by atoms with Gasteiger partial charge in [0, 0.05) is 23.5 Å². The van der Waals surface area contributed by atoms with Gasteiger partial charge in [0.25, 0.3) is 5.91 Å². The maximum atomic E-state index is 12.7. The number of thiophene rings is 1. The number of nitrogens with one attached hydrogen (secondary N) is 1. The number of nitrogens with two attached hydrogens (primary N) is 1. The average molecular weight is 482 g/mol. The number of methoxy groups -OCH3 is 2. The van der Waals surface area contributed by atoms with Crippen LogP contribution in [0, 0.1) is 0 Å². The van der Waals surface area contributed by atoms with Crippen molar-refractivity contribution in [3.8, 4) is 33.1 Å². The molecule has 0 saturated carbocycles. The number of primary amides is 1. The number of amides is 2. The highest BCUT2D eigenvalue weighted by molar-refractivity contribution is 7.17. The first-order chi connectivity index (χ1) is 16.5. The number of nitrogens with zero attached hydrogens (tertiary/aromatic N) is 1. The summed E-state index contributed by atoms with van der Waals surface area (Å²) in [6, 6.07) is 15.0. The fraction of sp³-hybridized carbons (Fsp3) is 0.280. The largest absolute Gasteiger partial charge is 0.496 e. The Morgan fingerprint density at radius 3 is 2.38 bits per heavy atom. The molecule has 3 aromatic rings. The van der Waals surface area contributed by atoms with Gasteiger partial charge in [-0.15, -0.1) is 11.3 Å². The lowest BCUT2D eigenvalue weighted by molar-refractivity contribution is -0.118. The summed E-state index contributed by atoms with van der Waals surface area (Å²) in [5.41, 5.74) is 8.63. The molecular weight excluding hydrogens is 454 g/mol. The van der Waals surface area contributed by atoms with Crippen molar-refractivity contribution in [1.29, 1.82) is 0 Å². The third kappa shape index (κ3) is 5.39. The minimum absolute atomic E-state index is 0.115. The molecule has 9 heteroatoms. The average Bonchev–Trinajstić information content (AvgIpc) is 3.35. The van der Waals surface area contributed by atoms with Crippen LogP contribution in [-0.2, 0) is 9.53 Å². The van der Waals surface area contributed by atoms with E-state index < -0.39 is 5.91 Å². The zero-order chi connectivity index (χ0) is 24.1. The van der Waals surface area contributed by atoms with Gasteiger partial charge in [-0.3, -0.25) is 14.5 Å². The summed E-state index contributed by atoms with van der Waals surface area (Å²) < 4.78 is 16.4. The molecule has 2 heterocycles. The van der Waals surface area contributed by atoms with E-state index in [0.29, 0.717) is 35.3 Å². The van der Waals surface area contributed by atoms with Gasteiger partial charge in [0.05, 0.1) is 44.5 Å². The Labute approximate surface area is 202 Å². The SMILES string of the molecule is COc1ccc(-c2cc(-c3ccc(C(N)=O)s3)ccc2OC)cc1NC(=O)CN1CCOCC1. The highest BCUT2D eigenvalue weighted by atomic mass is 32.1. The van der Waals surface area contributed by atoms with Crippen molar-refractivity contribution in [2.45, 2.75) is 0 Å². The fourth-order valence-corrected chi connectivity index (χ4v) is 4.69. The van der Waals surface area contributed by atoms with Gasteiger partial charge in [0.1, 0.15) is 11.5 Å². The van der Waals surface area contributed by atoms with Crippen LogP contribution >= 0.6 is 11.3 Å². The van der Waals surface area contributed by atoms with Crippen LogP contribution in [-0.4, -0.2) is 63.8 Å². The quantitative estimate of drug-likeness (QED) is 0.511. The lowest BCUT2D eigenvalue weighted by Crippen LogP contribution is -2.41. The topological polar surface area (TPSA) is 103 Å². The number of hydrogen-bond acceptors (Lipinski definition) is 7. The van der Waals surface area contributed by atoms with Gasteiger partial charge in [-0.2, -0.15) is 0 Å². The maximum absolute atomic E-state index is 12.7. The Bertz CT molecular complexity index is 1190. The first-order valence-corrected chi connectivity index (χ1v) is 11.7. The van der Waals surface area contributed by atoms with Crippen molar-refractivity contribution in [3.63, 3.8) is 0 Å². The molecule has 8 nitrogen and oxygen atoms in total. The minimum atomic E-state index is -0.447. The number of carbonyl (C=O) groups is 2. The molecule has 1 aromatic heterocycles. The smallest absolute Gasteiger partial charge is 0.258 e. The molecule has 4 rings (SSSR count). The molecule has 2 aromatic carbocycles. The second-order valence-electron chi connectivity index (χ2n) is 7.79. The van der Waals surface area contributed by atoms with E-state index in [1.165, 1.54) is 11.3 Å². The molecule has 0 aliphatic carbocycles. The van der Waals surface area contributed by atoms with E-state index in [9.17, 15) is 9.59 Å². The molecule has 3 N–H and O–H groups in total. The van der Waals surface area contributed by atoms with Crippen molar-refractivity contribution in [2.75, 3.05) is 52.4 Å². The van der Waals surface area contributed by atoms with E-state index in [4.69, 9.17) is 19.9 Å². The minimum Gasteiger partial charge on any atom is -0.496 e. The summed E-state index contributed by atoms with van der Waals surface area (Å²) in [7, 11) is 3.18. The van der Waals surface area contributed by atoms with Crippen LogP contribution < -0.4 is 20.5 Å². The summed E-state index contributed by atoms with van der Waals surface area (Å²) in [5.74, 6) is 0.693. The molecule has 0 radical (unpaired) electrons. The molecule has 0 spiro atoms. The van der Waals surface area contributed by atoms with Gasteiger partial charge in [-0.05, 0) is 53.6 Å². The first kappa shape index (κ1) is 23.7. The lowest BCUT2D eigenvalue weighted by atomic mass is 10.00. The normalized spacial score (nSPS) is 13.9. The molecule has 1 aliphatic rings. The van der Waals surface area contributed by atoms with Crippen LogP contribution in [0.15, 0.2) is 48.5 Å². The van der Waals surface area contributed by atoms with Gasteiger partial charge < -0.3 is 25.3 Å². The Morgan fingerprint density at radius 1 is 1.00 bits per heavy atom. The number of morpholine rings is 1. The van der Waals surface area contributed by atoms with E-state index in [-0.39, 0.29) is 12.5 Å². The first-order valence-electron chi connectivity index (χ1n) is 10.8. The van der Waals surface area contributed by atoms with E-state index in [1.807, 2.05) is 42.5 Å². The second kappa shape index (κ2) is 10.7. The molecule has 34 heavy (non-hydrogen) atoms. The zero-order valence-electron chi connectivity index (χ0n) is 19.1. The Morgan fingerprint density at radius 2 is 1.71 bits per heavy atom. The van der Waals surface area contributed by atoms with Crippen LogP contribution in [0.1, 0.15) is 9.67 Å². The van der Waals surface area contributed by atoms with E-state index >= 15 is 0 Å². The van der Waals surface area contributed by atoms with E-state index in [1.54, 1.807) is 20.3 Å². The van der Waals surface area contributed by atoms with Crippen LogP contribution in [0.2, 0.25) is 0 Å². The molecule has 1 saturated heterocycles. The summed E-state index contributed by atoms with van der Waals surface area (Å²) in [5, 5.41) is 2.98. The number of hydrogen-bond donors (Lipinski definition) is 2. The van der Waals surface area contributed by atoms with Gasteiger partial charge in [0.15, 0.2) is 0 Å². The summed E-state index contributed by atoms with van der Waals surface area (Å²) >= 11 is 1.34. The van der Waals surface area contributed by atoms with Gasteiger partial charge >= 0.3 is 0 Å². The van der Waals surface area contributed by atoms with Crippen molar-refractivity contribution >= 4 is 28.8 Å². The van der Waals surface area contributed by atoms with E-state index in [2.05, 4.69) is 10.2 Å². The van der Waals surface area contributed by atoms with Crippen LogP contribution in [0.25, 0.3) is 21.6 Å². The standard InChI is InChI=1S/C25H27N3O5S/c1-31-20-5-4-17(22-7-8-23(34-22)25(26)30)13-18(20)16-3-6-21(32-2)19(14-16)27-24(29)15-28-9-11-33-12-10-28/h3-8,13-14H,9-12,15H2,1-2H3,(H2,26,30)(H,27,29). The van der Waals surface area contributed by atoms with Crippen molar-refractivity contribution in [1.82, 2.24) is 4.90 Å². The zero-order valence-corrected chi connectivity index (χ0v) is 19.9. The van der Waals surface area contributed by atoms with Crippen molar-refractivity contribution in [2.24, 2.45) is 5.73 Å². The van der Waals surface area contributed by atoms with Crippen LogP contribution in [0.5, 0.6) is 11.5 Å². The van der Waals surface area contributed by atoms with Crippen molar-refractivity contribution < 1.29 is 23.8 Å². The molecule has 0 unspecified atom stereocenters. The predicted octanol–water partition coefficient (Wildman–Crippen LogP) is 3.47. The predicted molar refractivity (Wildman–Crippen MR) is 133 cm³/mol. The molecule has 178 valence electrons. The fourth-order valence-electron chi connectivity index (χ4n) is 3.84. The van der Waals surface area contributed by atoms with E-state index in [0.717, 1.165) is 34.7 Å². The summed E-state index contributed by atoms with van der Waals surface area (Å²) in [6.45, 7) is 3.01. The van der Waals surface area contributed by atoms with Gasteiger partial charge in [-0.25, -0.2) is 0 Å². The third-order valence-electron chi connectivity index (χ3n) is 5.59. The Balaban J connectivity index is 1.63. The number of ether oxygens (including phenoxy) is 3. The Hall–Kier alpha value is -3.40. The van der Waals surface area contributed by atoms with Crippen LogP contribution in [0.4, 0.5) is 5.69 Å². The number of anilines is 1. The molecule has 0 atom stereocenters. The number of rotatable bonds is 8. The summed E-state index contributed by atoms with van der Waals surface area (Å²) in [6.07, 6.45) is 0. The lowest BCUT2D eigenvalue weighted by Gasteiger charge is -2.26. The molecular formula is C25H27N3O5S. The number of benzene rings is 2. The van der Waals surface area contributed by atoms with Gasteiger partial charge in [0.2, 0.25) is 5.91 Å². The molecule has 1 aliphatic heterocycles. The number of carbonyl (C=O) groups excluding carboxylic acids is 2. The molecule has 2 amide bonds. The highest BCUT2D eigenvalue weighted by Gasteiger charge is 2.17. The van der Waals surface area contributed by atoms with Gasteiger partial charge in [-0.1, -0.05) is 6.07 Å². The Kier molecular flexibility index (Phi) is 7.46. The molecule has 0 bridgehead atoms. The second-order valence-corrected chi connectivity index (χ2v) is 8.88. The third-order valence-corrected chi connectivity index (χ3v) is 6.74. The monoisotopic (exact) mass is 481 g/mol. The molecule has 1 fully saturated rings. The van der Waals surface area contributed by atoms with Crippen LogP contribution in [0.3, 0.4) is 0 Å². The summed E-state index contributed by atoms with van der Waals surface area (Å²) in [4.78, 5) is 27.7. The van der Waals surface area contributed by atoms with Crippen molar-refractivity contribution in [3.05, 3.63) is 53.4 Å². The maximum Gasteiger partial charge on any atom is 0.258 e.